The third-order valence-electron chi connectivity index (χ3n) is 5.37. The predicted octanol–water partition coefficient (Wildman–Crippen LogP) is 5.03. The highest BCUT2D eigenvalue weighted by atomic mass is 16.5. The van der Waals surface area contributed by atoms with E-state index in [0.29, 0.717) is 24.3 Å². The number of para-hydroxylation sites is 1. The maximum atomic E-state index is 12.2. The zero-order valence-corrected chi connectivity index (χ0v) is 14.5. The van der Waals surface area contributed by atoms with Gasteiger partial charge in [0.2, 0.25) is 5.91 Å². The first-order valence-electron chi connectivity index (χ1n) is 9.40. The van der Waals surface area contributed by atoms with Crippen molar-refractivity contribution in [2.75, 3.05) is 0 Å². The first-order chi connectivity index (χ1) is 12.3. The maximum Gasteiger partial charge on any atom is 0.220 e. The SMILES string of the molecule is O=C(CC1CCCC1)NC1CC1c1ccc(Oc2ccccc2)cc1. The van der Waals surface area contributed by atoms with Gasteiger partial charge in [0.15, 0.2) is 0 Å². The molecule has 2 aromatic carbocycles. The Labute approximate surface area is 149 Å². The lowest BCUT2D eigenvalue weighted by Gasteiger charge is -2.10. The molecule has 2 fully saturated rings. The predicted molar refractivity (Wildman–Crippen MR) is 98.8 cm³/mol. The molecule has 4 rings (SSSR count). The number of hydrogen-bond acceptors (Lipinski definition) is 2. The molecule has 0 saturated heterocycles. The molecule has 2 unspecified atom stereocenters. The fourth-order valence-corrected chi connectivity index (χ4v) is 3.87. The van der Waals surface area contributed by atoms with Gasteiger partial charge in [-0.3, -0.25) is 4.79 Å². The number of amides is 1. The second-order valence-corrected chi connectivity index (χ2v) is 7.35. The summed E-state index contributed by atoms with van der Waals surface area (Å²) in [4.78, 5) is 12.2. The van der Waals surface area contributed by atoms with E-state index in [9.17, 15) is 4.79 Å². The van der Waals surface area contributed by atoms with Crippen LogP contribution in [-0.2, 0) is 4.79 Å². The largest absolute Gasteiger partial charge is 0.457 e. The topological polar surface area (TPSA) is 38.3 Å². The number of benzene rings is 2. The van der Waals surface area contributed by atoms with Gasteiger partial charge in [0.25, 0.3) is 0 Å². The second-order valence-electron chi connectivity index (χ2n) is 7.35. The molecule has 2 aliphatic carbocycles. The molecule has 2 atom stereocenters. The van der Waals surface area contributed by atoms with E-state index in [2.05, 4.69) is 17.4 Å². The Bertz CT molecular complexity index is 705. The van der Waals surface area contributed by atoms with Gasteiger partial charge in [0.05, 0.1) is 0 Å². The summed E-state index contributed by atoms with van der Waals surface area (Å²) in [5, 5.41) is 3.21. The molecular formula is C22H25NO2. The molecule has 3 nitrogen and oxygen atoms in total. The standard InChI is InChI=1S/C22H25NO2/c24-22(14-16-6-4-5-7-16)23-21-15-20(21)17-10-12-19(13-11-17)25-18-8-2-1-3-9-18/h1-3,8-13,16,20-21H,4-7,14-15H2,(H,23,24). The van der Waals surface area contributed by atoms with Crippen LogP contribution in [0.4, 0.5) is 0 Å². The first-order valence-corrected chi connectivity index (χ1v) is 9.40. The van der Waals surface area contributed by atoms with Crippen molar-refractivity contribution in [2.24, 2.45) is 5.92 Å². The molecule has 3 heteroatoms. The van der Waals surface area contributed by atoms with E-state index in [-0.39, 0.29) is 5.91 Å². The Hall–Kier alpha value is -2.29. The van der Waals surface area contributed by atoms with Crippen molar-refractivity contribution in [1.29, 1.82) is 0 Å². The Morgan fingerprint density at radius 3 is 2.36 bits per heavy atom. The minimum absolute atomic E-state index is 0.239. The van der Waals surface area contributed by atoms with Crippen LogP contribution in [0.5, 0.6) is 11.5 Å². The molecule has 0 spiro atoms. The minimum Gasteiger partial charge on any atom is -0.457 e. The molecule has 0 heterocycles. The van der Waals surface area contributed by atoms with Crippen molar-refractivity contribution < 1.29 is 9.53 Å². The second kappa shape index (κ2) is 7.30. The molecule has 1 N–H and O–H groups in total. The van der Waals surface area contributed by atoms with Gasteiger partial charge in [-0.05, 0) is 55.0 Å². The van der Waals surface area contributed by atoms with Crippen LogP contribution in [-0.4, -0.2) is 11.9 Å². The summed E-state index contributed by atoms with van der Waals surface area (Å²) in [5.74, 6) is 3.00. The lowest BCUT2D eigenvalue weighted by Crippen LogP contribution is -2.27. The van der Waals surface area contributed by atoms with Crippen molar-refractivity contribution >= 4 is 5.91 Å². The van der Waals surface area contributed by atoms with E-state index < -0.39 is 0 Å². The molecule has 0 bridgehead atoms. The van der Waals surface area contributed by atoms with Crippen molar-refractivity contribution in [3.63, 3.8) is 0 Å². The Morgan fingerprint density at radius 1 is 0.960 bits per heavy atom. The van der Waals surface area contributed by atoms with Gasteiger partial charge in [0, 0.05) is 18.4 Å². The van der Waals surface area contributed by atoms with Crippen LogP contribution in [0.2, 0.25) is 0 Å². The third-order valence-corrected chi connectivity index (χ3v) is 5.37. The van der Waals surface area contributed by atoms with Crippen LogP contribution < -0.4 is 10.1 Å². The molecule has 130 valence electrons. The third kappa shape index (κ3) is 4.22. The van der Waals surface area contributed by atoms with E-state index in [1.807, 2.05) is 42.5 Å². The van der Waals surface area contributed by atoms with Crippen molar-refractivity contribution in [3.05, 3.63) is 60.2 Å². The summed E-state index contributed by atoms with van der Waals surface area (Å²) in [6.07, 6.45) is 6.81. The van der Waals surface area contributed by atoms with Gasteiger partial charge in [-0.15, -0.1) is 0 Å². The zero-order chi connectivity index (χ0) is 17.1. The number of carbonyl (C=O) groups excluding carboxylic acids is 1. The Balaban J connectivity index is 1.27. The van der Waals surface area contributed by atoms with Gasteiger partial charge >= 0.3 is 0 Å². The van der Waals surface area contributed by atoms with E-state index in [1.165, 1.54) is 31.2 Å². The van der Waals surface area contributed by atoms with Gasteiger partial charge in [-0.1, -0.05) is 43.2 Å². The quantitative estimate of drug-likeness (QED) is 0.804. The van der Waals surface area contributed by atoms with Gasteiger partial charge in [-0.2, -0.15) is 0 Å². The molecule has 2 aromatic rings. The number of rotatable bonds is 6. The van der Waals surface area contributed by atoms with Crippen LogP contribution in [0.3, 0.4) is 0 Å². The van der Waals surface area contributed by atoms with Crippen LogP contribution in [0.1, 0.15) is 50.0 Å². The van der Waals surface area contributed by atoms with Crippen LogP contribution in [0, 0.1) is 5.92 Å². The summed E-state index contributed by atoms with van der Waals surface area (Å²) in [5.41, 5.74) is 1.28. The molecule has 0 radical (unpaired) electrons. The van der Waals surface area contributed by atoms with Crippen molar-refractivity contribution in [3.8, 4) is 11.5 Å². The molecule has 25 heavy (non-hydrogen) atoms. The van der Waals surface area contributed by atoms with Crippen LogP contribution >= 0.6 is 0 Å². The normalized spacial score (nSPS) is 22.6. The molecule has 2 aliphatic rings. The molecule has 2 saturated carbocycles. The average Bonchev–Trinajstić information content (AvgIpc) is 3.19. The highest BCUT2D eigenvalue weighted by Crippen LogP contribution is 2.41. The van der Waals surface area contributed by atoms with Gasteiger partial charge < -0.3 is 10.1 Å². The lowest BCUT2D eigenvalue weighted by molar-refractivity contribution is -0.122. The van der Waals surface area contributed by atoms with Crippen molar-refractivity contribution in [1.82, 2.24) is 5.32 Å². The molecule has 0 aromatic heterocycles. The Kier molecular flexibility index (Phi) is 4.73. The first kappa shape index (κ1) is 16.2. The Morgan fingerprint density at radius 2 is 1.64 bits per heavy atom. The number of hydrogen-bond donors (Lipinski definition) is 1. The fourth-order valence-electron chi connectivity index (χ4n) is 3.87. The summed E-state index contributed by atoms with van der Waals surface area (Å²) in [6, 6.07) is 18.4. The van der Waals surface area contributed by atoms with Crippen LogP contribution in [0.15, 0.2) is 54.6 Å². The number of ether oxygens (including phenoxy) is 1. The summed E-state index contributed by atoms with van der Waals surface area (Å²) in [6.45, 7) is 0. The van der Waals surface area contributed by atoms with E-state index in [0.717, 1.165) is 17.9 Å². The maximum absolute atomic E-state index is 12.2. The van der Waals surface area contributed by atoms with E-state index in [1.54, 1.807) is 0 Å². The van der Waals surface area contributed by atoms with Gasteiger partial charge in [0.1, 0.15) is 11.5 Å². The number of nitrogens with one attached hydrogen (secondary N) is 1. The van der Waals surface area contributed by atoms with E-state index >= 15 is 0 Å². The number of carbonyl (C=O) groups is 1. The highest BCUT2D eigenvalue weighted by molar-refractivity contribution is 5.77. The molecule has 1 amide bonds. The van der Waals surface area contributed by atoms with E-state index in [4.69, 9.17) is 4.74 Å². The fraction of sp³-hybridized carbons (Fsp3) is 0.409. The molecule has 0 aliphatic heterocycles. The zero-order valence-electron chi connectivity index (χ0n) is 14.5. The van der Waals surface area contributed by atoms with Crippen molar-refractivity contribution in [2.45, 2.75) is 50.5 Å². The van der Waals surface area contributed by atoms with Crippen LogP contribution in [0.25, 0.3) is 0 Å². The minimum atomic E-state index is 0.239. The average molecular weight is 335 g/mol. The summed E-state index contributed by atoms with van der Waals surface area (Å²) < 4.78 is 5.83. The monoisotopic (exact) mass is 335 g/mol. The highest BCUT2D eigenvalue weighted by Gasteiger charge is 2.39. The van der Waals surface area contributed by atoms with Gasteiger partial charge in [-0.25, -0.2) is 0 Å². The molecular weight excluding hydrogens is 310 g/mol. The smallest absolute Gasteiger partial charge is 0.220 e. The summed E-state index contributed by atoms with van der Waals surface area (Å²) >= 11 is 0. The lowest BCUT2D eigenvalue weighted by atomic mass is 10.0. The summed E-state index contributed by atoms with van der Waals surface area (Å²) in [7, 11) is 0.